The van der Waals surface area contributed by atoms with Crippen LogP contribution in [0.25, 0.3) is 0 Å². The minimum Gasteiger partial charge on any atom is -0.477 e. The van der Waals surface area contributed by atoms with Gasteiger partial charge in [0, 0.05) is 17.6 Å². The maximum atomic E-state index is 12.1. The third-order valence-corrected chi connectivity index (χ3v) is 3.45. The molecule has 0 radical (unpaired) electrons. The average molecular weight is 368 g/mol. The van der Waals surface area contributed by atoms with Crippen LogP contribution in [0.2, 0.25) is 10.0 Å². The first-order valence-electron chi connectivity index (χ1n) is 7.06. The summed E-state index contributed by atoms with van der Waals surface area (Å²) >= 11 is 11.8. The molecule has 0 fully saturated rings. The van der Waals surface area contributed by atoms with Gasteiger partial charge in [0.25, 0.3) is 0 Å². The quantitative estimate of drug-likeness (QED) is 0.631. The van der Waals surface area contributed by atoms with Crippen LogP contribution in [-0.4, -0.2) is 18.0 Å². The van der Waals surface area contributed by atoms with E-state index in [1.165, 1.54) is 13.0 Å². The van der Waals surface area contributed by atoms with E-state index in [2.05, 4.69) is 5.32 Å². The van der Waals surface area contributed by atoms with Crippen LogP contribution in [0.1, 0.15) is 13.8 Å². The fourth-order valence-corrected chi connectivity index (χ4v) is 2.27. The summed E-state index contributed by atoms with van der Waals surface area (Å²) in [6, 6.07) is 11.1. The monoisotopic (exact) mass is 367 g/mol. The highest BCUT2D eigenvalue weighted by atomic mass is 35.5. The van der Waals surface area contributed by atoms with Gasteiger partial charge in [0.2, 0.25) is 5.91 Å². The minimum atomic E-state index is -0.862. The summed E-state index contributed by atoms with van der Waals surface area (Å²) in [6.07, 6.45) is -0.862. The molecule has 1 unspecified atom stereocenters. The van der Waals surface area contributed by atoms with Crippen molar-refractivity contribution >= 4 is 40.8 Å². The maximum Gasteiger partial charge on any atom is 0.352 e. The number of carbonyl (C=O) groups is 2. The van der Waals surface area contributed by atoms with Crippen molar-refractivity contribution in [1.29, 1.82) is 0 Å². The summed E-state index contributed by atoms with van der Waals surface area (Å²) in [5.74, 6) is -0.0758. The fourth-order valence-electron chi connectivity index (χ4n) is 1.82. The van der Waals surface area contributed by atoms with Crippen molar-refractivity contribution < 1.29 is 19.1 Å². The summed E-state index contributed by atoms with van der Waals surface area (Å²) < 4.78 is 10.7. The second-order valence-corrected chi connectivity index (χ2v) is 5.81. The molecule has 0 spiro atoms. The SMILES string of the molecule is CC(=O)Nc1ccc(OC(=O)C(C)Oc2ccc(Cl)cc2Cl)cc1. The lowest BCUT2D eigenvalue weighted by molar-refractivity contribution is -0.141. The van der Waals surface area contributed by atoms with Crippen molar-refractivity contribution in [2.45, 2.75) is 20.0 Å². The van der Waals surface area contributed by atoms with Crippen LogP contribution in [-0.2, 0) is 9.59 Å². The van der Waals surface area contributed by atoms with E-state index in [0.717, 1.165) is 0 Å². The van der Waals surface area contributed by atoms with Crippen molar-refractivity contribution in [3.63, 3.8) is 0 Å². The van der Waals surface area contributed by atoms with Gasteiger partial charge in [-0.25, -0.2) is 4.79 Å². The zero-order valence-electron chi connectivity index (χ0n) is 13.0. The topological polar surface area (TPSA) is 64.6 Å². The van der Waals surface area contributed by atoms with Gasteiger partial charge in [-0.2, -0.15) is 0 Å². The van der Waals surface area contributed by atoms with E-state index in [0.29, 0.717) is 27.2 Å². The fraction of sp³-hybridized carbons (Fsp3) is 0.176. The molecule has 2 rings (SSSR count). The first-order valence-corrected chi connectivity index (χ1v) is 7.82. The van der Waals surface area contributed by atoms with Gasteiger partial charge < -0.3 is 14.8 Å². The third kappa shape index (κ3) is 5.15. The van der Waals surface area contributed by atoms with Crippen molar-refractivity contribution in [2.24, 2.45) is 0 Å². The largest absolute Gasteiger partial charge is 0.477 e. The van der Waals surface area contributed by atoms with Crippen molar-refractivity contribution in [2.75, 3.05) is 5.32 Å². The van der Waals surface area contributed by atoms with E-state index < -0.39 is 12.1 Å². The number of ether oxygens (including phenoxy) is 2. The Kier molecular flexibility index (Phi) is 6.06. The number of nitrogens with one attached hydrogen (secondary N) is 1. The van der Waals surface area contributed by atoms with E-state index in [9.17, 15) is 9.59 Å². The molecule has 5 nitrogen and oxygen atoms in total. The molecular formula is C17H15Cl2NO4. The highest BCUT2D eigenvalue weighted by Crippen LogP contribution is 2.28. The molecule has 1 N–H and O–H groups in total. The lowest BCUT2D eigenvalue weighted by Gasteiger charge is -2.15. The molecule has 7 heteroatoms. The minimum absolute atomic E-state index is 0.179. The second-order valence-electron chi connectivity index (χ2n) is 4.96. The number of rotatable bonds is 5. The highest BCUT2D eigenvalue weighted by molar-refractivity contribution is 6.35. The predicted octanol–water partition coefficient (Wildman–Crippen LogP) is 4.32. The Morgan fingerprint density at radius 1 is 1.08 bits per heavy atom. The first-order chi connectivity index (χ1) is 11.3. The van der Waals surface area contributed by atoms with Crippen LogP contribution in [0, 0.1) is 0 Å². The van der Waals surface area contributed by atoms with Crippen molar-refractivity contribution in [3.8, 4) is 11.5 Å². The van der Waals surface area contributed by atoms with E-state index in [4.69, 9.17) is 32.7 Å². The molecule has 126 valence electrons. The number of anilines is 1. The molecule has 0 aliphatic heterocycles. The first kappa shape index (κ1) is 18.1. The molecule has 2 aromatic carbocycles. The number of hydrogen-bond acceptors (Lipinski definition) is 4. The lowest BCUT2D eigenvalue weighted by Crippen LogP contribution is -2.28. The summed E-state index contributed by atoms with van der Waals surface area (Å²) in [5, 5.41) is 3.40. The van der Waals surface area contributed by atoms with Gasteiger partial charge in [0.05, 0.1) is 5.02 Å². The van der Waals surface area contributed by atoms with Crippen LogP contribution >= 0.6 is 23.2 Å². The Hall–Kier alpha value is -2.24. The standard InChI is InChI=1S/C17H15Cl2NO4/c1-10(23-16-8-3-12(18)9-15(16)19)17(22)24-14-6-4-13(5-7-14)20-11(2)21/h3-10H,1-2H3,(H,20,21). The van der Waals surface area contributed by atoms with Gasteiger partial charge in [-0.1, -0.05) is 23.2 Å². The summed E-state index contributed by atoms with van der Waals surface area (Å²) in [4.78, 5) is 23.0. The van der Waals surface area contributed by atoms with Crippen LogP contribution in [0.15, 0.2) is 42.5 Å². The molecule has 0 aliphatic rings. The number of amides is 1. The van der Waals surface area contributed by atoms with E-state index in [-0.39, 0.29) is 5.91 Å². The van der Waals surface area contributed by atoms with Gasteiger partial charge in [-0.05, 0) is 49.4 Å². The highest BCUT2D eigenvalue weighted by Gasteiger charge is 2.18. The number of carbonyl (C=O) groups excluding carboxylic acids is 2. The van der Waals surface area contributed by atoms with Crippen LogP contribution in [0.5, 0.6) is 11.5 Å². The molecule has 0 bridgehead atoms. The molecule has 0 heterocycles. The number of hydrogen-bond donors (Lipinski definition) is 1. The summed E-state index contributed by atoms with van der Waals surface area (Å²) in [7, 11) is 0. The van der Waals surface area contributed by atoms with Gasteiger partial charge in [0.1, 0.15) is 11.5 Å². The zero-order chi connectivity index (χ0) is 17.7. The predicted molar refractivity (Wildman–Crippen MR) is 92.9 cm³/mol. The Morgan fingerprint density at radius 3 is 2.33 bits per heavy atom. The van der Waals surface area contributed by atoms with Gasteiger partial charge in [0.15, 0.2) is 6.10 Å². The molecular weight excluding hydrogens is 353 g/mol. The number of esters is 1. The smallest absolute Gasteiger partial charge is 0.352 e. The molecule has 0 aromatic heterocycles. The molecule has 0 aliphatic carbocycles. The molecule has 24 heavy (non-hydrogen) atoms. The Labute approximate surface area is 149 Å². The Morgan fingerprint density at radius 2 is 1.75 bits per heavy atom. The van der Waals surface area contributed by atoms with Gasteiger partial charge >= 0.3 is 5.97 Å². The molecule has 1 atom stereocenters. The van der Waals surface area contributed by atoms with E-state index in [1.54, 1.807) is 43.3 Å². The van der Waals surface area contributed by atoms with E-state index in [1.807, 2.05) is 0 Å². The molecule has 0 saturated carbocycles. The number of halogens is 2. The molecule has 2 aromatic rings. The third-order valence-electron chi connectivity index (χ3n) is 2.92. The van der Waals surface area contributed by atoms with E-state index >= 15 is 0 Å². The van der Waals surface area contributed by atoms with Crippen LogP contribution < -0.4 is 14.8 Å². The van der Waals surface area contributed by atoms with Gasteiger partial charge in [-0.3, -0.25) is 4.79 Å². The second kappa shape index (κ2) is 8.04. The zero-order valence-corrected chi connectivity index (χ0v) is 14.5. The normalized spacial score (nSPS) is 11.5. The molecule has 1 amide bonds. The van der Waals surface area contributed by atoms with Crippen LogP contribution in [0.3, 0.4) is 0 Å². The summed E-state index contributed by atoms with van der Waals surface area (Å²) in [5.41, 5.74) is 0.611. The Balaban J connectivity index is 1.97. The maximum absolute atomic E-state index is 12.1. The van der Waals surface area contributed by atoms with Crippen molar-refractivity contribution in [1.82, 2.24) is 0 Å². The number of benzene rings is 2. The Bertz CT molecular complexity index is 747. The summed E-state index contributed by atoms with van der Waals surface area (Å²) in [6.45, 7) is 2.97. The van der Waals surface area contributed by atoms with Crippen LogP contribution in [0.4, 0.5) is 5.69 Å². The lowest BCUT2D eigenvalue weighted by atomic mass is 10.3. The van der Waals surface area contributed by atoms with Gasteiger partial charge in [-0.15, -0.1) is 0 Å². The molecule has 0 saturated heterocycles. The van der Waals surface area contributed by atoms with Crippen molar-refractivity contribution in [3.05, 3.63) is 52.5 Å². The average Bonchev–Trinajstić information content (AvgIpc) is 2.51.